The third kappa shape index (κ3) is 3.95. The molecule has 84 valence electrons. The van der Waals surface area contributed by atoms with Crippen molar-refractivity contribution in [3.63, 3.8) is 0 Å². The molecule has 1 aliphatic rings. The molecule has 0 aromatic rings. The van der Waals surface area contributed by atoms with Crippen LogP contribution in [-0.2, 0) is 0 Å². The molecule has 1 saturated heterocycles. The highest BCUT2D eigenvalue weighted by Gasteiger charge is 2.18. The molecular weight excluding hydrogens is 174 g/mol. The van der Waals surface area contributed by atoms with Crippen molar-refractivity contribution in [2.75, 3.05) is 33.2 Å². The predicted molar refractivity (Wildman–Crippen MR) is 61.4 cm³/mol. The van der Waals surface area contributed by atoms with Gasteiger partial charge in [-0.2, -0.15) is 0 Å². The quantitative estimate of drug-likeness (QED) is 0.725. The molecule has 0 saturated carbocycles. The van der Waals surface area contributed by atoms with Gasteiger partial charge in [0.1, 0.15) is 0 Å². The van der Waals surface area contributed by atoms with Crippen molar-refractivity contribution in [1.29, 1.82) is 0 Å². The van der Waals surface area contributed by atoms with Crippen LogP contribution in [0.4, 0.5) is 0 Å². The minimum absolute atomic E-state index is 0.352. The lowest BCUT2D eigenvalue weighted by molar-refractivity contribution is 0.113. The Balaban J connectivity index is 2.20. The van der Waals surface area contributed by atoms with Gasteiger partial charge in [0.2, 0.25) is 0 Å². The Bertz CT molecular complexity index is 151. The Morgan fingerprint density at radius 3 is 2.14 bits per heavy atom. The molecule has 0 amide bonds. The van der Waals surface area contributed by atoms with Gasteiger partial charge in [0, 0.05) is 38.3 Å². The van der Waals surface area contributed by atoms with Crippen LogP contribution in [-0.4, -0.2) is 55.1 Å². The molecule has 2 atom stereocenters. The van der Waals surface area contributed by atoms with E-state index in [9.17, 15) is 0 Å². The summed E-state index contributed by atoms with van der Waals surface area (Å²) in [5.41, 5.74) is 5.77. The van der Waals surface area contributed by atoms with Crippen LogP contribution in [0, 0.1) is 0 Å². The van der Waals surface area contributed by atoms with Gasteiger partial charge in [0.25, 0.3) is 0 Å². The first-order valence-corrected chi connectivity index (χ1v) is 5.77. The molecule has 3 heteroatoms. The molecule has 0 unspecified atom stereocenters. The Hall–Kier alpha value is -0.120. The van der Waals surface area contributed by atoms with Crippen molar-refractivity contribution in [2.45, 2.75) is 38.8 Å². The topological polar surface area (TPSA) is 32.5 Å². The van der Waals surface area contributed by atoms with Crippen LogP contribution in [0.25, 0.3) is 0 Å². The lowest BCUT2D eigenvalue weighted by atomic mass is 10.1. The van der Waals surface area contributed by atoms with Gasteiger partial charge in [-0.05, 0) is 33.7 Å². The van der Waals surface area contributed by atoms with Crippen LogP contribution < -0.4 is 5.73 Å². The van der Waals surface area contributed by atoms with Gasteiger partial charge in [-0.15, -0.1) is 0 Å². The molecule has 0 spiro atoms. The maximum atomic E-state index is 5.77. The Labute approximate surface area is 88.2 Å². The fourth-order valence-corrected chi connectivity index (χ4v) is 1.95. The van der Waals surface area contributed by atoms with Crippen LogP contribution in [0.2, 0.25) is 0 Å². The lowest BCUT2D eigenvalue weighted by Gasteiger charge is -2.36. The van der Waals surface area contributed by atoms with E-state index in [4.69, 9.17) is 5.73 Å². The summed E-state index contributed by atoms with van der Waals surface area (Å²) in [5.74, 6) is 0. The summed E-state index contributed by atoms with van der Waals surface area (Å²) in [6.45, 7) is 9.28. The monoisotopic (exact) mass is 199 g/mol. The highest BCUT2D eigenvalue weighted by atomic mass is 15.3. The predicted octanol–water partition coefficient (Wildman–Crippen LogP) is 0.750. The van der Waals surface area contributed by atoms with Gasteiger partial charge in [0.05, 0.1) is 0 Å². The minimum atomic E-state index is 0.352. The summed E-state index contributed by atoms with van der Waals surface area (Å²) < 4.78 is 0. The van der Waals surface area contributed by atoms with Crippen molar-refractivity contribution < 1.29 is 0 Å². The second-order valence-electron chi connectivity index (χ2n) is 4.74. The Morgan fingerprint density at radius 2 is 1.64 bits per heavy atom. The summed E-state index contributed by atoms with van der Waals surface area (Å²) in [6, 6.07) is 1.06. The zero-order valence-corrected chi connectivity index (χ0v) is 9.87. The van der Waals surface area contributed by atoms with Gasteiger partial charge >= 0.3 is 0 Å². The summed E-state index contributed by atoms with van der Waals surface area (Å²) in [5, 5.41) is 0. The number of likely N-dealkylation sites (N-methyl/N-ethyl adjacent to an activating group) is 1. The van der Waals surface area contributed by atoms with Crippen LogP contribution in [0.15, 0.2) is 0 Å². The van der Waals surface area contributed by atoms with Crippen molar-refractivity contribution in [3.8, 4) is 0 Å². The van der Waals surface area contributed by atoms with E-state index in [0.29, 0.717) is 12.1 Å². The summed E-state index contributed by atoms with van der Waals surface area (Å²) >= 11 is 0. The zero-order valence-electron chi connectivity index (χ0n) is 9.87. The molecule has 3 nitrogen and oxygen atoms in total. The van der Waals surface area contributed by atoms with E-state index in [1.807, 2.05) is 0 Å². The van der Waals surface area contributed by atoms with Crippen molar-refractivity contribution in [3.05, 3.63) is 0 Å². The maximum Gasteiger partial charge on any atom is 0.0113 e. The minimum Gasteiger partial charge on any atom is -0.328 e. The Morgan fingerprint density at radius 1 is 1.07 bits per heavy atom. The van der Waals surface area contributed by atoms with Gasteiger partial charge in [-0.3, -0.25) is 4.90 Å². The molecule has 0 aromatic heterocycles. The van der Waals surface area contributed by atoms with E-state index in [0.717, 1.165) is 6.42 Å². The zero-order chi connectivity index (χ0) is 10.6. The first kappa shape index (κ1) is 12.0. The molecule has 1 heterocycles. The van der Waals surface area contributed by atoms with E-state index in [1.54, 1.807) is 0 Å². The second kappa shape index (κ2) is 5.69. The number of hydrogen-bond donors (Lipinski definition) is 1. The summed E-state index contributed by atoms with van der Waals surface area (Å²) in [6.07, 6.45) is 2.38. The van der Waals surface area contributed by atoms with Gasteiger partial charge in [-0.1, -0.05) is 0 Å². The number of hydrogen-bond acceptors (Lipinski definition) is 3. The van der Waals surface area contributed by atoms with Crippen molar-refractivity contribution in [1.82, 2.24) is 9.80 Å². The highest BCUT2D eigenvalue weighted by molar-refractivity contribution is 4.75. The molecule has 14 heavy (non-hydrogen) atoms. The smallest absolute Gasteiger partial charge is 0.0113 e. The molecule has 0 radical (unpaired) electrons. The summed E-state index contributed by atoms with van der Waals surface area (Å²) in [4.78, 5) is 4.98. The molecule has 1 rings (SSSR count). The fourth-order valence-electron chi connectivity index (χ4n) is 1.95. The van der Waals surface area contributed by atoms with E-state index >= 15 is 0 Å². The van der Waals surface area contributed by atoms with Crippen LogP contribution in [0.3, 0.4) is 0 Å². The maximum absolute atomic E-state index is 5.77. The van der Waals surface area contributed by atoms with Crippen LogP contribution in [0.5, 0.6) is 0 Å². The van der Waals surface area contributed by atoms with E-state index in [-0.39, 0.29) is 0 Å². The molecule has 0 aromatic carbocycles. The summed E-state index contributed by atoms with van der Waals surface area (Å²) in [7, 11) is 2.20. The third-order valence-electron chi connectivity index (χ3n) is 3.20. The fraction of sp³-hybridized carbons (Fsp3) is 1.00. The van der Waals surface area contributed by atoms with Crippen LogP contribution >= 0.6 is 0 Å². The van der Waals surface area contributed by atoms with Crippen molar-refractivity contribution in [2.24, 2.45) is 5.73 Å². The van der Waals surface area contributed by atoms with E-state index < -0.39 is 0 Å². The number of nitrogens with two attached hydrogens (primary N) is 1. The molecule has 1 fully saturated rings. The normalized spacial score (nSPS) is 24.9. The van der Waals surface area contributed by atoms with Crippen molar-refractivity contribution >= 4 is 0 Å². The van der Waals surface area contributed by atoms with Gasteiger partial charge in [-0.25, -0.2) is 0 Å². The van der Waals surface area contributed by atoms with E-state index in [2.05, 4.69) is 30.7 Å². The lowest BCUT2D eigenvalue weighted by Crippen LogP contribution is -2.48. The number of nitrogens with zero attached hydrogens (tertiary/aromatic N) is 2. The highest BCUT2D eigenvalue weighted by Crippen LogP contribution is 2.10. The first-order valence-electron chi connectivity index (χ1n) is 5.77. The molecule has 1 aliphatic heterocycles. The second-order valence-corrected chi connectivity index (χ2v) is 4.74. The first-order chi connectivity index (χ1) is 6.59. The SMILES string of the molecule is C[C@H](N)CC[C@@H](C)N1CCN(C)CC1. The van der Waals surface area contributed by atoms with Gasteiger partial charge < -0.3 is 10.6 Å². The third-order valence-corrected chi connectivity index (χ3v) is 3.20. The number of piperazine rings is 1. The molecule has 0 bridgehead atoms. The standard InChI is InChI=1S/C11H25N3/c1-10(12)4-5-11(2)14-8-6-13(3)7-9-14/h10-11H,4-9,12H2,1-3H3/t10-,11+/m0/s1. The Kier molecular flexibility index (Phi) is 4.85. The molecule has 2 N–H and O–H groups in total. The average molecular weight is 199 g/mol. The largest absolute Gasteiger partial charge is 0.328 e. The number of rotatable bonds is 4. The van der Waals surface area contributed by atoms with Gasteiger partial charge in [0.15, 0.2) is 0 Å². The van der Waals surface area contributed by atoms with Crippen LogP contribution in [0.1, 0.15) is 26.7 Å². The molecule has 0 aliphatic carbocycles. The van der Waals surface area contributed by atoms with E-state index in [1.165, 1.54) is 32.6 Å². The average Bonchev–Trinajstić information content (AvgIpc) is 2.15. The molecular formula is C11H25N3.